The molecule has 0 aliphatic carbocycles. The third kappa shape index (κ3) is 7.72. The number of carbonyl (C=O) groups is 2. The Kier molecular flexibility index (Phi) is 9.46. The van der Waals surface area contributed by atoms with Crippen molar-refractivity contribution in [3.05, 3.63) is 94.5 Å². The van der Waals surface area contributed by atoms with Crippen LogP contribution in [-0.2, 0) is 26.2 Å². The van der Waals surface area contributed by atoms with Crippen molar-refractivity contribution in [1.29, 1.82) is 0 Å². The lowest BCUT2D eigenvalue weighted by molar-refractivity contribution is -0.140. The van der Waals surface area contributed by atoms with Gasteiger partial charge in [-0.1, -0.05) is 59.7 Å². The summed E-state index contributed by atoms with van der Waals surface area (Å²) in [5.41, 5.74) is 4.36. The molecule has 0 aromatic heterocycles. The minimum absolute atomic E-state index is 0.0930. The first kappa shape index (κ1) is 30.9. The number of hydrogen-bond donors (Lipinski definition) is 1. The molecule has 0 saturated carbocycles. The Hall–Kier alpha value is -3.65. The number of aryl methyl sites for hydroxylation is 4. The standard InChI is InChI=1S/C32H41N3O4S/c1-22-10-15-27(16-11-22)20-34(26(5)31(37)33-32(6,7)8)30(36)21-35(29-19-24(3)9-14-25(29)4)40(38,39)28-17-12-23(2)13-18-28/h9-19,26H,20-21H2,1-8H3,(H,33,37)/t26-/m1/s1. The largest absolute Gasteiger partial charge is 0.350 e. The van der Waals surface area contributed by atoms with E-state index in [1.165, 1.54) is 9.21 Å². The molecule has 3 aromatic rings. The molecule has 0 unspecified atom stereocenters. The molecule has 0 spiro atoms. The molecule has 2 amide bonds. The summed E-state index contributed by atoms with van der Waals surface area (Å²) in [7, 11) is -4.11. The van der Waals surface area contributed by atoms with Crippen LogP contribution in [-0.4, -0.2) is 43.3 Å². The van der Waals surface area contributed by atoms with E-state index in [0.29, 0.717) is 5.69 Å². The van der Waals surface area contributed by atoms with Crippen LogP contribution in [0.15, 0.2) is 71.6 Å². The highest BCUT2D eigenvalue weighted by molar-refractivity contribution is 7.92. The van der Waals surface area contributed by atoms with Gasteiger partial charge in [-0.2, -0.15) is 0 Å². The molecule has 3 aromatic carbocycles. The van der Waals surface area contributed by atoms with Gasteiger partial charge in [-0.05, 0) is 90.3 Å². The number of nitrogens with one attached hydrogen (secondary N) is 1. The zero-order chi connectivity index (χ0) is 29.8. The highest BCUT2D eigenvalue weighted by Gasteiger charge is 2.34. The molecule has 214 valence electrons. The highest BCUT2D eigenvalue weighted by atomic mass is 32.2. The van der Waals surface area contributed by atoms with Crippen LogP contribution in [0.5, 0.6) is 0 Å². The van der Waals surface area contributed by atoms with Crippen molar-refractivity contribution < 1.29 is 18.0 Å². The van der Waals surface area contributed by atoms with E-state index in [4.69, 9.17) is 0 Å². The molecule has 7 nitrogen and oxygen atoms in total. The fraction of sp³-hybridized carbons (Fsp3) is 0.375. The van der Waals surface area contributed by atoms with E-state index < -0.39 is 34.1 Å². The van der Waals surface area contributed by atoms with Gasteiger partial charge in [0.25, 0.3) is 10.0 Å². The maximum atomic E-state index is 14.1. The van der Waals surface area contributed by atoms with Crippen LogP contribution in [0.25, 0.3) is 0 Å². The third-order valence-electron chi connectivity index (χ3n) is 6.66. The lowest BCUT2D eigenvalue weighted by Gasteiger charge is -2.34. The molecular formula is C32H41N3O4S. The Morgan fingerprint density at radius 2 is 1.35 bits per heavy atom. The first-order valence-electron chi connectivity index (χ1n) is 13.4. The lowest BCUT2D eigenvalue weighted by Crippen LogP contribution is -2.54. The zero-order valence-electron chi connectivity index (χ0n) is 24.8. The SMILES string of the molecule is Cc1ccc(CN(C(=O)CN(c2cc(C)ccc2C)S(=O)(=O)c2ccc(C)cc2)[C@H](C)C(=O)NC(C)(C)C)cc1. The molecule has 0 heterocycles. The van der Waals surface area contributed by atoms with Crippen molar-refractivity contribution in [3.8, 4) is 0 Å². The molecule has 0 aliphatic heterocycles. The first-order chi connectivity index (χ1) is 18.6. The Labute approximate surface area is 239 Å². The fourth-order valence-corrected chi connectivity index (χ4v) is 5.76. The summed E-state index contributed by atoms with van der Waals surface area (Å²) in [4.78, 5) is 28.8. The fourth-order valence-electron chi connectivity index (χ4n) is 4.29. The van der Waals surface area contributed by atoms with Gasteiger partial charge in [0, 0.05) is 12.1 Å². The number of nitrogens with zero attached hydrogens (tertiary/aromatic N) is 2. The summed E-state index contributed by atoms with van der Waals surface area (Å²) in [5, 5.41) is 2.95. The normalized spacial score (nSPS) is 12.5. The second-order valence-electron chi connectivity index (χ2n) is 11.5. The van der Waals surface area contributed by atoms with Gasteiger partial charge in [0.15, 0.2) is 0 Å². The molecule has 1 N–H and O–H groups in total. The van der Waals surface area contributed by atoms with Gasteiger partial charge in [-0.3, -0.25) is 13.9 Å². The number of anilines is 1. The number of hydrogen-bond acceptors (Lipinski definition) is 4. The molecular weight excluding hydrogens is 522 g/mol. The molecule has 3 rings (SSSR count). The van der Waals surface area contributed by atoms with Gasteiger partial charge in [-0.25, -0.2) is 8.42 Å². The number of benzene rings is 3. The zero-order valence-corrected chi connectivity index (χ0v) is 25.6. The van der Waals surface area contributed by atoms with Crippen LogP contribution < -0.4 is 9.62 Å². The highest BCUT2D eigenvalue weighted by Crippen LogP contribution is 2.29. The summed E-state index contributed by atoms with van der Waals surface area (Å²) in [6, 6.07) is 19.0. The average molecular weight is 564 g/mol. The summed E-state index contributed by atoms with van der Waals surface area (Å²) in [6.07, 6.45) is 0. The lowest BCUT2D eigenvalue weighted by atomic mass is 10.1. The quantitative estimate of drug-likeness (QED) is 0.375. The Bertz CT molecular complexity index is 1460. The summed E-state index contributed by atoms with van der Waals surface area (Å²) in [5.74, 6) is -0.790. The van der Waals surface area contributed by atoms with E-state index in [9.17, 15) is 18.0 Å². The van der Waals surface area contributed by atoms with E-state index in [1.54, 1.807) is 37.3 Å². The second-order valence-corrected chi connectivity index (χ2v) is 13.4. The van der Waals surface area contributed by atoms with Gasteiger partial charge in [0.1, 0.15) is 12.6 Å². The molecule has 0 fully saturated rings. The van der Waals surface area contributed by atoms with Crippen molar-refractivity contribution >= 4 is 27.5 Å². The van der Waals surface area contributed by atoms with Crippen LogP contribution in [0.4, 0.5) is 5.69 Å². The Morgan fingerprint density at radius 1 is 0.825 bits per heavy atom. The van der Waals surface area contributed by atoms with E-state index in [-0.39, 0.29) is 17.3 Å². The smallest absolute Gasteiger partial charge is 0.264 e. The average Bonchev–Trinajstić information content (AvgIpc) is 2.87. The molecule has 1 atom stereocenters. The van der Waals surface area contributed by atoms with E-state index in [1.807, 2.05) is 84.9 Å². The Morgan fingerprint density at radius 3 is 1.90 bits per heavy atom. The maximum absolute atomic E-state index is 14.1. The number of rotatable bonds is 9. The van der Waals surface area contributed by atoms with E-state index >= 15 is 0 Å². The van der Waals surface area contributed by atoms with E-state index in [2.05, 4.69) is 5.32 Å². The van der Waals surface area contributed by atoms with Gasteiger partial charge in [-0.15, -0.1) is 0 Å². The molecule has 0 radical (unpaired) electrons. The van der Waals surface area contributed by atoms with Crippen LogP contribution in [0.1, 0.15) is 55.5 Å². The van der Waals surface area contributed by atoms with Crippen molar-refractivity contribution in [2.45, 2.75) is 78.4 Å². The van der Waals surface area contributed by atoms with Crippen molar-refractivity contribution in [3.63, 3.8) is 0 Å². The van der Waals surface area contributed by atoms with Crippen LogP contribution in [0.3, 0.4) is 0 Å². The van der Waals surface area contributed by atoms with Crippen molar-refractivity contribution in [2.24, 2.45) is 0 Å². The van der Waals surface area contributed by atoms with Crippen LogP contribution >= 0.6 is 0 Å². The minimum atomic E-state index is -4.11. The maximum Gasteiger partial charge on any atom is 0.264 e. The van der Waals surface area contributed by atoms with E-state index in [0.717, 1.165) is 27.8 Å². The van der Waals surface area contributed by atoms with Gasteiger partial charge in [0.2, 0.25) is 11.8 Å². The topological polar surface area (TPSA) is 86.8 Å². The summed E-state index contributed by atoms with van der Waals surface area (Å²) >= 11 is 0. The van der Waals surface area contributed by atoms with Crippen LogP contribution in [0.2, 0.25) is 0 Å². The molecule has 0 saturated heterocycles. The monoisotopic (exact) mass is 563 g/mol. The predicted octanol–water partition coefficient (Wildman–Crippen LogP) is 5.45. The van der Waals surface area contributed by atoms with Crippen LogP contribution in [0, 0.1) is 27.7 Å². The molecule has 8 heteroatoms. The second kappa shape index (κ2) is 12.3. The number of sulfonamides is 1. The number of amides is 2. The Balaban J connectivity index is 2.08. The summed E-state index contributed by atoms with van der Waals surface area (Å²) in [6.45, 7) is 14.6. The van der Waals surface area contributed by atoms with Crippen molar-refractivity contribution in [2.75, 3.05) is 10.8 Å². The molecule has 0 aliphatic rings. The molecule has 0 bridgehead atoms. The van der Waals surface area contributed by atoms with Gasteiger partial charge >= 0.3 is 0 Å². The van der Waals surface area contributed by atoms with Gasteiger partial charge in [0.05, 0.1) is 10.6 Å². The van der Waals surface area contributed by atoms with Crippen molar-refractivity contribution in [1.82, 2.24) is 10.2 Å². The minimum Gasteiger partial charge on any atom is -0.350 e. The molecule has 40 heavy (non-hydrogen) atoms. The van der Waals surface area contributed by atoms with Gasteiger partial charge < -0.3 is 10.2 Å². The predicted molar refractivity (Wildman–Crippen MR) is 161 cm³/mol. The third-order valence-corrected chi connectivity index (χ3v) is 8.43. The number of carbonyl (C=O) groups excluding carboxylic acids is 2. The summed E-state index contributed by atoms with van der Waals surface area (Å²) < 4.78 is 29.2. The first-order valence-corrected chi connectivity index (χ1v) is 14.9.